The first-order chi connectivity index (χ1) is 10.3. The SMILES string of the molecule is O=C(Nc1cccnc1N1CCCC1)c1ccncc1F. The highest BCUT2D eigenvalue weighted by Crippen LogP contribution is 2.26. The van der Waals surface area contributed by atoms with Gasteiger partial charge >= 0.3 is 0 Å². The van der Waals surface area contributed by atoms with E-state index in [-0.39, 0.29) is 5.56 Å². The van der Waals surface area contributed by atoms with E-state index in [9.17, 15) is 9.18 Å². The zero-order chi connectivity index (χ0) is 14.7. The van der Waals surface area contributed by atoms with E-state index in [1.165, 1.54) is 12.3 Å². The molecule has 0 atom stereocenters. The van der Waals surface area contributed by atoms with Gasteiger partial charge in [-0.05, 0) is 31.0 Å². The van der Waals surface area contributed by atoms with Gasteiger partial charge in [0.1, 0.15) is 0 Å². The Labute approximate surface area is 121 Å². The number of amides is 1. The van der Waals surface area contributed by atoms with E-state index in [1.807, 2.05) is 0 Å². The smallest absolute Gasteiger partial charge is 0.258 e. The van der Waals surface area contributed by atoms with Gasteiger partial charge < -0.3 is 10.2 Å². The van der Waals surface area contributed by atoms with Gasteiger partial charge in [-0.15, -0.1) is 0 Å². The first-order valence-electron chi connectivity index (χ1n) is 6.86. The highest BCUT2D eigenvalue weighted by atomic mass is 19.1. The number of halogens is 1. The maximum absolute atomic E-state index is 13.6. The van der Waals surface area contributed by atoms with Crippen molar-refractivity contribution in [2.75, 3.05) is 23.3 Å². The van der Waals surface area contributed by atoms with Crippen LogP contribution in [0, 0.1) is 5.82 Å². The van der Waals surface area contributed by atoms with E-state index in [1.54, 1.807) is 18.3 Å². The maximum atomic E-state index is 13.6. The summed E-state index contributed by atoms with van der Waals surface area (Å²) in [5.74, 6) is -0.400. The van der Waals surface area contributed by atoms with Crippen LogP contribution in [0.25, 0.3) is 0 Å². The fourth-order valence-electron chi connectivity index (χ4n) is 2.42. The minimum absolute atomic E-state index is 0.0266. The number of nitrogens with zero attached hydrogens (tertiary/aromatic N) is 3. The number of aromatic nitrogens is 2. The predicted octanol–water partition coefficient (Wildman–Crippen LogP) is 2.47. The Bertz CT molecular complexity index is 656. The molecule has 1 amide bonds. The Hall–Kier alpha value is -2.50. The van der Waals surface area contributed by atoms with Crippen molar-refractivity contribution in [3.05, 3.63) is 48.2 Å². The summed E-state index contributed by atoms with van der Waals surface area (Å²) in [6.45, 7) is 1.84. The lowest BCUT2D eigenvalue weighted by molar-refractivity contribution is 0.102. The van der Waals surface area contributed by atoms with Gasteiger partial charge in [-0.1, -0.05) is 0 Å². The lowest BCUT2D eigenvalue weighted by Gasteiger charge is -2.20. The van der Waals surface area contributed by atoms with Crippen molar-refractivity contribution in [3.8, 4) is 0 Å². The first kappa shape index (κ1) is 13.5. The minimum Gasteiger partial charge on any atom is -0.355 e. The highest BCUT2D eigenvalue weighted by Gasteiger charge is 2.19. The minimum atomic E-state index is -0.637. The van der Waals surface area contributed by atoms with Crippen LogP contribution in [-0.4, -0.2) is 29.0 Å². The molecule has 6 heteroatoms. The second-order valence-corrected chi connectivity index (χ2v) is 4.88. The number of carbonyl (C=O) groups excluding carboxylic acids is 1. The third-order valence-corrected chi connectivity index (χ3v) is 3.46. The van der Waals surface area contributed by atoms with Crippen LogP contribution < -0.4 is 10.2 Å². The fraction of sp³-hybridized carbons (Fsp3) is 0.267. The molecular formula is C15H15FN4O. The fourth-order valence-corrected chi connectivity index (χ4v) is 2.42. The van der Waals surface area contributed by atoms with Crippen LogP contribution in [0.5, 0.6) is 0 Å². The molecule has 1 aliphatic rings. The molecule has 0 saturated carbocycles. The van der Waals surface area contributed by atoms with Crippen LogP contribution in [-0.2, 0) is 0 Å². The number of pyridine rings is 2. The van der Waals surface area contributed by atoms with Crippen LogP contribution in [0.4, 0.5) is 15.9 Å². The van der Waals surface area contributed by atoms with Crippen molar-refractivity contribution in [1.82, 2.24) is 9.97 Å². The van der Waals surface area contributed by atoms with Gasteiger partial charge in [0.2, 0.25) is 0 Å². The lowest BCUT2D eigenvalue weighted by atomic mass is 10.2. The summed E-state index contributed by atoms with van der Waals surface area (Å²) < 4.78 is 13.6. The quantitative estimate of drug-likeness (QED) is 0.941. The van der Waals surface area contributed by atoms with Crippen LogP contribution in [0.3, 0.4) is 0 Å². The summed E-state index contributed by atoms with van der Waals surface area (Å²) in [4.78, 5) is 22.3. The largest absolute Gasteiger partial charge is 0.355 e. The number of rotatable bonds is 3. The van der Waals surface area contributed by atoms with E-state index >= 15 is 0 Å². The van der Waals surface area contributed by atoms with Gasteiger partial charge in [-0.25, -0.2) is 9.37 Å². The van der Waals surface area contributed by atoms with Crippen molar-refractivity contribution in [3.63, 3.8) is 0 Å². The highest BCUT2D eigenvalue weighted by molar-refractivity contribution is 6.05. The topological polar surface area (TPSA) is 58.1 Å². The Kier molecular flexibility index (Phi) is 3.77. The molecule has 0 aromatic carbocycles. The molecule has 0 radical (unpaired) electrons. The average Bonchev–Trinajstić information content (AvgIpc) is 3.02. The molecular weight excluding hydrogens is 271 g/mol. The molecule has 3 heterocycles. The lowest BCUT2D eigenvalue weighted by Crippen LogP contribution is -2.22. The van der Waals surface area contributed by atoms with E-state index in [0.29, 0.717) is 5.69 Å². The standard InChI is InChI=1S/C15H15FN4O/c16-12-10-17-7-5-11(12)15(21)19-13-4-3-6-18-14(13)20-8-1-2-9-20/h3-7,10H,1-2,8-9H2,(H,19,21). The molecule has 0 aliphatic carbocycles. The molecule has 21 heavy (non-hydrogen) atoms. The number of hydrogen-bond donors (Lipinski definition) is 1. The monoisotopic (exact) mass is 286 g/mol. The van der Waals surface area contributed by atoms with Gasteiger partial charge in [-0.2, -0.15) is 0 Å². The van der Waals surface area contributed by atoms with E-state index in [2.05, 4.69) is 20.2 Å². The van der Waals surface area contributed by atoms with Crippen molar-refractivity contribution in [2.24, 2.45) is 0 Å². The van der Waals surface area contributed by atoms with Crippen LogP contribution in [0.1, 0.15) is 23.2 Å². The molecule has 1 saturated heterocycles. The molecule has 5 nitrogen and oxygen atoms in total. The van der Waals surface area contributed by atoms with Crippen molar-refractivity contribution in [2.45, 2.75) is 12.8 Å². The van der Waals surface area contributed by atoms with Gasteiger partial charge in [0, 0.05) is 25.5 Å². The van der Waals surface area contributed by atoms with Gasteiger partial charge in [0.15, 0.2) is 11.6 Å². The van der Waals surface area contributed by atoms with E-state index in [0.717, 1.165) is 37.9 Å². The van der Waals surface area contributed by atoms with Crippen LogP contribution in [0.2, 0.25) is 0 Å². The number of hydrogen-bond acceptors (Lipinski definition) is 4. The Morgan fingerprint density at radius 1 is 1.24 bits per heavy atom. The van der Waals surface area contributed by atoms with Gasteiger partial charge in [-0.3, -0.25) is 9.78 Å². The Morgan fingerprint density at radius 2 is 2.05 bits per heavy atom. The molecule has 3 rings (SSSR count). The Balaban J connectivity index is 1.85. The van der Waals surface area contributed by atoms with Crippen molar-refractivity contribution < 1.29 is 9.18 Å². The number of anilines is 2. The summed E-state index contributed by atoms with van der Waals surface area (Å²) in [5, 5.41) is 2.73. The number of nitrogens with one attached hydrogen (secondary N) is 1. The average molecular weight is 286 g/mol. The summed E-state index contributed by atoms with van der Waals surface area (Å²) in [5.41, 5.74) is 0.571. The van der Waals surface area contributed by atoms with E-state index in [4.69, 9.17) is 0 Å². The van der Waals surface area contributed by atoms with Crippen LogP contribution in [0.15, 0.2) is 36.8 Å². The molecule has 0 unspecified atom stereocenters. The first-order valence-corrected chi connectivity index (χ1v) is 6.86. The summed E-state index contributed by atoms with van der Waals surface area (Å²) in [6.07, 6.45) is 6.34. The van der Waals surface area contributed by atoms with Crippen LogP contribution >= 0.6 is 0 Å². The second kappa shape index (κ2) is 5.87. The molecule has 0 spiro atoms. The molecule has 0 bridgehead atoms. The normalized spacial score (nSPS) is 14.2. The summed E-state index contributed by atoms with van der Waals surface area (Å²) >= 11 is 0. The second-order valence-electron chi connectivity index (χ2n) is 4.88. The van der Waals surface area contributed by atoms with Gasteiger partial charge in [0.25, 0.3) is 5.91 Å². The molecule has 1 N–H and O–H groups in total. The van der Waals surface area contributed by atoms with Crippen molar-refractivity contribution >= 4 is 17.4 Å². The summed E-state index contributed by atoms with van der Waals surface area (Å²) in [6, 6.07) is 4.88. The third-order valence-electron chi connectivity index (χ3n) is 3.46. The predicted molar refractivity (Wildman–Crippen MR) is 77.8 cm³/mol. The number of carbonyl (C=O) groups is 1. The molecule has 2 aromatic heterocycles. The maximum Gasteiger partial charge on any atom is 0.258 e. The molecule has 1 fully saturated rings. The summed E-state index contributed by atoms with van der Waals surface area (Å²) in [7, 11) is 0. The van der Waals surface area contributed by atoms with E-state index < -0.39 is 11.7 Å². The zero-order valence-corrected chi connectivity index (χ0v) is 11.4. The molecule has 2 aromatic rings. The Morgan fingerprint density at radius 3 is 2.81 bits per heavy atom. The third kappa shape index (κ3) is 2.84. The van der Waals surface area contributed by atoms with Crippen molar-refractivity contribution in [1.29, 1.82) is 0 Å². The molecule has 108 valence electrons. The van der Waals surface area contributed by atoms with Gasteiger partial charge in [0.05, 0.1) is 17.4 Å². The zero-order valence-electron chi connectivity index (χ0n) is 11.4. The molecule has 1 aliphatic heterocycles.